The van der Waals surface area contributed by atoms with Crippen molar-refractivity contribution < 1.29 is 9.21 Å². The largest absolute Gasteiger partial charge is 0.463 e. The smallest absolute Gasteiger partial charge is 0.274 e. The molecule has 0 spiro atoms. The number of nitrogens with one attached hydrogen (secondary N) is 1. The Hall–Kier alpha value is -3.81. The van der Waals surface area contributed by atoms with Crippen molar-refractivity contribution >= 4 is 11.6 Å². The van der Waals surface area contributed by atoms with E-state index in [1.807, 2.05) is 40.8 Å². The van der Waals surface area contributed by atoms with Crippen LogP contribution in [0.4, 0.5) is 5.69 Å². The van der Waals surface area contributed by atoms with Crippen LogP contribution in [0.15, 0.2) is 59.2 Å². The van der Waals surface area contributed by atoms with Crippen molar-refractivity contribution in [1.82, 2.24) is 24.9 Å². The Morgan fingerprint density at radius 1 is 1.03 bits per heavy atom. The maximum absolute atomic E-state index is 12.9. The number of aromatic nitrogens is 4. The average molecular weight is 416 g/mol. The molecule has 8 heteroatoms. The van der Waals surface area contributed by atoms with Gasteiger partial charge >= 0.3 is 0 Å². The van der Waals surface area contributed by atoms with E-state index >= 15 is 0 Å². The van der Waals surface area contributed by atoms with Gasteiger partial charge in [0, 0.05) is 32.2 Å². The Kier molecular flexibility index (Phi) is 4.82. The molecule has 1 amide bonds. The molecule has 4 aromatic rings. The highest BCUT2D eigenvalue weighted by Crippen LogP contribution is 2.28. The van der Waals surface area contributed by atoms with Crippen LogP contribution in [0.1, 0.15) is 21.9 Å². The van der Waals surface area contributed by atoms with Crippen molar-refractivity contribution in [3.8, 4) is 17.1 Å². The molecule has 5 rings (SSSR count). The van der Waals surface area contributed by atoms with Gasteiger partial charge in [-0.05, 0) is 38.1 Å². The zero-order valence-corrected chi connectivity index (χ0v) is 17.6. The van der Waals surface area contributed by atoms with Crippen molar-refractivity contribution in [2.45, 2.75) is 13.8 Å². The summed E-state index contributed by atoms with van der Waals surface area (Å²) in [5, 5.41) is 11.8. The van der Waals surface area contributed by atoms with Crippen LogP contribution in [0, 0.1) is 13.8 Å². The quantitative estimate of drug-likeness (QED) is 0.551. The summed E-state index contributed by atoms with van der Waals surface area (Å²) in [5.74, 6) is 0.597. The molecule has 0 atom stereocenters. The molecule has 1 aromatic carbocycles. The number of para-hydroxylation sites is 1. The van der Waals surface area contributed by atoms with Crippen LogP contribution >= 0.6 is 0 Å². The van der Waals surface area contributed by atoms with Gasteiger partial charge in [-0.2, -0.15) is 10.2 Å². The predicted octanol–water partition coefficient (Wildman–Crippen LogP) is 3.43. The minimum absolute atomic E-state index is 0.0675. The van der Waals surface area contributed by atoms with Gasteiger partial charge in [0.05, 0.1) is 29.0 Å². The zero-order chi connectivity index (χ0) is 21.4. The molecular formula is C23H24N6O2. The summed E-state index contributed by atoms with van der Waals surface area (Å²) in [5.41, 5.74) is 5.41. The zero-order valence-electron chi connectivity index (χ0n) is 17.6. The number of benzene rings is 1. The van der Waals surface area contributed by atoms with E-state index in [0.717, 1.165) is 35.9 Å². The van der Waals surface area contributed by atoms with Crippen LogP contribution in [0.2, 0.25) is 0 Å². The standard InChI is InChI=1S/C23H24N6O2/c1-16-22(17(2)29(26-16)18-7-4-3-5-8-18)27-10-12-28(13-11-27)23(30)20-15-19(24-25-20)21-9-6-14-31-21/h3-9,14-15H,10-13H2,1-2H3,(H,24,25). The third-order valence-corrected chi connectivity index (χ3v) is 5.72. The first-order valence-corrected chi connectivity index (χ1v) is 10.4. The number of aryl methyl sites for hydroxylation is 1. The van der Waals surface area contributed by atoms with Crippen molar-refractivity contribution in [3.05, 3.63) is 71.9 Å². The van der Waals surface area contributed by atoms with E-state index in [9.17, 15) is 4.79 Å². The summed E-state index contributed by atoms with van der Waals surface area (Å²) in [6.45, 7) is 6.92. The highest BCUT2D eigenvalue weighted by molar-refractivity contribution is 5.93. The first-order chi connectivity index (χ1) is 15.1. The summed E-state index contributed by atoms with van der Waals surface area (Å²) < 4.78 is 7.35. The molecule has 0 unspecified atom stereocenters. The maximum Gasteiger partial charge on any atom is 0.274 e. The molecule has 1 saturated heterocycles. The molecule has 0 radical (unpaired) electrons. The van der Waals surface area contributed by atoms with Crippen molar-refractivity contribution in [2.75, 3.05) is 31.1 Å². The summed E-state index contributed by atoms with van der Waals surface area (Å²) in [4.78, 5) is 17.1. The number of nitrogens with zero attached hydrogens (tertiary/aromatic N) is 5. The van der Waals surface area contributed by atoms with E-state index in [1.165, 1.54) is 0 Å². The first-order valence-electron chi connectivity index (χ1n) is 10.4. The number of piperazine rings is 1. The first kappa shape index (κ1) is 19.2. The lowest BCUT2D eigenvalue weighted by Gasteiger charge is -2.36. The molecule has 0 aliphatic carbocycles. The van der Waals surface area contributed by atoms with Crippen molar-refractivity contribution in [2.24, 2.45) is 0 Å². The molecule has 0 saturated carbocycles. The Bertz CT molecular complexity index is 1180. The topological polar surface area (TPSA) is 83.2 Å². The van der Waals surface area contributed by atoms with Gasteiger partial charge < -0.3 is 14.2 Å². The van der Waals surface area contributed by atoms with E-state index in [2.05, 4.69) is 34.2 Å². The number of H-pyrrole nitrogens is 1. The van der Waals surface area contributed by atoms with Gasteiger partial charge in [0.25, 0.3) is 5.91 Å². The van der Waals surface area contributed by atoms with E-state index in [4.69, 9.17) is 9.52 Å². The highest BCUT2D eigenvalue weighted by atomic mass is 16.3. The van der Waals surface area contributed by atoms with Crippen LogP contribution in [0.25, 0.3) is 17.1 Å². The van der Waals surface area contributed by atoms with E-state index in [-0.39, 0.29) is 5.91 Å². The molecule has 3 aromatic heterocycles. The van der Waals surface area contributed by atoms with Crippen LogP contribution in [-0.4, -0.2) is 57.0 Å². The normalized spacial score (nSPS) is 14.3. The van der Waals surface area contributed by atoms with E-state index < -0.39 is 0 Å². The van der Waals surface area contributed by atoms with Crippen molar-refractivity contribution in [3.63, 3.8) is 0 Å². The number of aromatic amines is 1. The number of anilines is 1. The average Bonchev–Trinajstić information content (AvgIpc) is 3.55. The lowest BCUT2D eigenvalue weighted by molar-refractivity contribution is 0.0741. The number of carbonyl (C=O) groups excluding carboxylic acids is 1. The Labute approximate surface area is 180 Å². The minimum Gasteiger partial charge on any atom is -0.463 e. The molecular weight excluding hydrogens is 392 g/mol. The van der Waals surface area contributed by atoms with Gasteiger partial charge in [-0.3, -0.25) is 9.89 Å². The fourth-order valence-corrected chi connectivity index (χ4v) is 4.20. The second kappa shape index (κ2) is 7.79. The lowest BCUT2D eigenvalue weighted by atomic mass is 10.2. The third-order valence-electron chi connectivity index (χ3n) is 5.72. The lowest BCUT2D eigenvalue weighted by Crippen LogP contribution is -2.49. The van der Waals surface area contributed by atoms with Gasteiger partial charge in [0.1, 0.15) is 5.69 Å². The molecule has 158 valence electrons. The molecule has 8 nitrogen and oxygen atoms in total. The monoisotopic (exact) mass is 416 g/mol. The fraction of sp³-hybridized carbons (Fsp3) is 0.261. The molecule has 1 aliphatic heterocycles. The minimum atomic E-state index is -0.0675. The summed E-state index contributed by atoms with van der Waals surface area (Å²) in [7, 11) is 0. The summed E-state index contributed by atoms with van der Waals surface area (Å²) >= 11 is 0. The summed E-state index contributed by atoms with van der Waals surface area (Å²) in [6.07, 6.45) is 1.60. The molecule has 31 heavy (non-hydrogen) atoms. The van der Waals surface area contributed by atoms with Gasteiger partial charge in [-0.1, -0.05) is 18.2 Å². The van der Waals surface area contributed by atoms with Gasteiger partial charge in [0.2, 0.25) is 0 Å². The molecule has 1 aliphatic rings. The Balaban J connectivity index is 1.29. The predicted molar refractivity (Wildman–Crippen MR) is 117 cm³/mol. The number of amides is 1. The van der Waals surface area contributed by atoms with Crippen LogP contribution < -0.4 is 4.90 Å². The van der Waals surface area contributed by atoms with Gasteiger partial charge in [0.15, 0.2) is 11.5 Å². The number of hydrogen-bond acceptors (Lipinski definition) is 5. The van der Waals surface area contributed by atoms with E-state index in [1.54, 1.807) is 18.4 Å². The Morgan fingerprint density at radius 3 is 2.52 bits per heavy atom. The molecule has 0 bridgehead atoms. The van der Waals surface area contributed by atoms with Gasteiger partial charge in [-0.15, -0.1) is 0 Å². The number of rotatable bonds is 4. The second-order valence-electron chi connectivity index (χ2n) is 7.69. The maximum atomic E-state index is 12.9. The molecule has 1 fully saturated rings. The van der Waals surface area contributed by atoms with Crippen molar-refractivity contribution in [1.29, 1.82) is 0 Å². The Morgan fingerprint density at radius 2 is 1.81 bits per heavy atom. The third kappa shape index (κ3) is 3.50. The second-order valence-corrected chi connectivity index (χ2v) is 7.69. The van der Waals surface area contributed by atoms with Crippen LogP contribution in [0.3, 0.4) is 0 Å². The number of furan rings is 1. The summed E-state index contributed by atoms with van der Waals surface area (Å²) in [6, 6.07) is 15.5. The van der Waals surface area contributed by atoms with Crippen LogP contribution in [-0.2, 0) is 0 Å². The van der Waals surface area contributed by atoms with E-state index in [0.29, 0.717) is 30.2 Å². The van der Waals surface area contributed by atoms with Gasteiger partial charge in [-0.25, -0.2) is 4.68 Å². The molecule has 4 heterocycles. The SMILES string of the molecule is Cc1nn(-c2ccccc2)c(C)c1N1CCN(C(=O)c2cc(-c3ccco3)[nH]n2)CC1. The number of hydrogen-bond donors (Lipinski definition) is 1. The fourth-order valence-electron chi connectivity index (χ4n) is 4.20. The van der Waals surface area contributed by atoms with Crippen LogP contribution in [0.5, 0.6) is 0 Å². The highest BCUT2D eigenvalue weighted by Gasteiger charge is 2.27. The molecule has 1 N–H and O–H groups in total. The number of carbonyl (C=O) groups is 1.